The summed E-state index contributed by atoms with van der Waals surface area (Å²) >= 11 is 0. The van der Waals surface area contributed by atoms with Gasteiger partial charge < -0.3 is 30.5 Å². The van der Waals surface area contributed by atoms with Gasteiger partial charge in [0, 0.05) is 18.7 Å². The summed E-state index contributed by atoms with van der Waals surface area (Å²) in [5, 5.41) is 25.9. The number of ether oxygens (including phenoxy) is 1. The van der Waals surface area contributed by atoms with Crippen molar-refractivity contribution in [2.45, 2.75) is 91.3 Å². The first-order chi connectivity index (χ1) is 21.3. The molecule has 2 unspecified atom stereocenters. The van der Waals surface area contributed by atoms with E-state index < -0.39 is 35.6 Å². The molecular formula is C36H47N3O6. The predicted molar refractivity (Wildman–Crippen MR) is 176 cm³/mol. The average molecular weight is 618 g/mol. The smallest absolute Gasteiger partial charge is 0.408 e. The summed E-state index contributed by atoms with van der Waals surface area (Å²) in [7, 11) is 0. The third-order valence-corrected chi connectivity index (χ3v) is 7.40. The lowest BCUT2D eigenvalue weighted by Gasteiger charge is -2.35. The Morgan fingerprint density at radius 3 is 2.20 bits per heavy atom. The maximum absolute atomic E-state index is 14.6. The number of phenols is 2. The van der Waals surface area contributed by atoms with Crippen molar-refractivity contribution in [2.24, 2.45) is 0 Å². The van der Waals surface area contributed by atoms with Crippen molar-refractivity contribution in [1.82, 2.24) is 10.2 Å². The van der Waals surface area contributed by atoms with Gasteiger partial charge in [-0.1, -0.05) is 62.6 Å². The number of alkyl carbamates (subject to hydrolysis) is 1. The SMILES string of the molecule is CCCCCCN(C(=O)C(Cc1ccc(O)cc1)NC(=O)OC(C)(C)C)C(C(=O)Nc1ccccc1C)c1ccc(O)c(C)c1. The molecule has 0 fully saturated rings. The summed E-state index contributed by atoms with van der Waals surface area (Å²) in [5.41, 5.74) is 2.48. The quantitative estimate of drug-likeness (QED) is 0.154. The highest BCUT2D eigenvalue weighted by Gasteiger charge is 2.36. The number of amides is 3. The minimum atomic E-state index is -1.08. The van der Waals surface area contributed by atoms with Gasteiger partial charge in [-0.05, 0) is 93.6 Å². The number of anilines is 1. The van der Waals surface area contributed by atoms with Crippen LogP contribution in [-0.2, 0) is 20.7 Å². The lowest BCUT2D eigenvalue weighted by Crippen LogP contribution is -2.53. The van der Waals surface area contributed by atoms with Crippen molar-refractivity contribution in [3.63, 3.8) is 0 Å². The molecule has 0 heterocycles. The van der Waals surface area contributed by atoms with Crippen LogP contribution in [0.2, 0.25) is 0 Å². The molecule has 3 aromatic rings. The van der Waals surface area contributed by atoms with Gasteiger partial charge in [0.1, 0.15) is 29.2 Å². The van der Waals surface area contributed by atoms with Crippen molar-refractivity contribution in [2.75, 3.05) is 11.9 Å². The summed E-state index contributed by atoms with van der Waals surface area (Å²) in [4.78, 5) is 43.4. The normalized spacial score (nSPS) is 12.6. The third-order valence-electron chi connectivity index (χ3n) is 7.40. The van der Waals surface area contributed by atoms with Crippen LogP contribution in [0, 0.1) is 13.8 Å². The molecule has 0 aliphatic carbocycles. The maximum atomic E-state index is 14.6. The molecule has 0 bridgehead atoms. The molecule has 2 atom stereocenters. The first kappa shape index (κ1) is 35.0. The van der Waals surface area contributed by atoms with E-state index in [1.54, 1.807) is 58.0 Å². The zero-order valence-electron chi connectivity index (χ0n) is 27.2. The number of para-hydroxylation sites is 1. The van der Waals surface area contributed by atoms with E-state index in [2.05, 4.69) is 17.6 Å². The fourth-order valence-electron chi connectivity index (χ4n) is 5.03. The molecule has 3 amide bonds. The molecule has 0 aromatic heterocycles. The van der Waals surface area contributed by atoms with Gasteiger partial charge in [0.25, 0.3) is 5.91 Å². The second-order valence-electron chi connectivity index (χ2n) is 12.4. The Morgan fingerprint density at radius 1 is 0.889 bits per heavy atom. The molecule has 0 saturated heterocycles. The van der Waals surface area contributed by atoms with Gasteiger partial charge in [-0.15, -0.1) is 0 Å². The highest BCUT2D eigenvalue weighted by molar-refractivity contribution is 5.99. The van der Waals surface area contributed by atoms with E-state index in [1.165, 1.54) is 23.1 Å². The van der Waals surface area contributed by atoms with Gasteiger partial charge in [-0.2, -0.15) is 0 Å². The summed E-state index contributed by atoms with van der Waals surface area (Å²) in [6.45, 7) is 11.2. The van der Waals surface area contributed by atoms with Gasteiger partial charge in [-0.25, -0.2) is 4.79 Å². The Kier molecular flexibility index (Phi) is 12.4. The number of hydrogen-bond donors (Lipinski definition) is 4. The van der Waals surface area contributed by atoms with Gasteiger partial charge in [-0.3, -0.25) is 9.59 Å². The fraction of sp³-hybridized carbons (Fsp3) is 0.417. The molecule has 242 valence electrons. The number of nitrogens with zero attached hydrogens (tertiary/aromatic N) is 1. The lowest BCUT2D eigenvalue weighted by atomic mass is 9.98. The van der Waals surface area contributed by atoms with Crippen LogP contribution in [0.15, 0.2) is 66.7 Å². The van der Waals surface area contributed by atoms with Crippen LogP contribution >= 0.6 is 0 Å². The van der Waals surface area contributed by atoms with E-state index >= 15 is 0 Å². The van der Waals surface area contributed by atoms with Crippen LogP contribution < -0.4 is 10.6 Å². The summed E-state index contributed by atoms with van der Waals surface area (Å²) in [6.07, 6.45) is 2.79. The van der Waals surface area contributed by atoms with E-state index in [-0.39, 0.29) is 24.5 Å². The Labute approximate surface area is 266 Å². The second-order valence-corrected chi connectivity index (χ2v) is 12.4. The maximum Gasteiger partial charge on any atom is 0.408 e. The van der Waals surface area contributed by atoms with Gasteiger partial charge in [0.15, 0.2) is 0 Å². The number of carbonyl (C=O) groups excluding carboxylic acids is 3. The molecule has 9 nitrogen and oxygen atoms in total. The molecule has 0 aliphatic rings. The fourth-order valence-corrected chi connectivity index (χ4v) is 5.03. The molecule has 0 aliphatic heterocycles. The largest absolute Gasteiger partial charge is 0.508 e. The minimum absolute atomic E-state index is 0.0782. The molecule has 4 N–H and O–H groups in total. The first-order valence-corrected chi connectivity index (χ1v) is 15.5. The summed E-state index contributed by atoms with van der Waals surface area (Å²) in [5.74, 6) is -0.718. The highest BCUT2D eigenvalue weighted by atomic mass is 16.6. The molecule has 0 radical (unpaired) electrons. The molecule has 3 rings (SSSR count). The van der Waals surface area contributed by atoms with Crippen LogP contribution in [0.3, 0.4) is 0 Å². The van der Waals surface area contributed by atoms with Crippen LogP contribution in [0.25, 0.3) is 0 Å². The van der Waals surface area contributed by atoms with E-state index in [4.69, 9.17) is 4.74 Å². The monoisotopic (exact) mass is 617 g/mol. The number of aryl methyl sites for hydroxylation is 2. The standard InChI is InChI=1S/C36H47N3O6/c1-7-8-9-12-21-39(34(43)30(38-35(44)45-36(4,5)6)23-26-15-18-28(40)19-16-26)32(27-17-20-31(41)25(3)22-27)33(42)37-29-14-11-10-13-24(29)2/h10-11,13-20,22,30,32,40-41H,7-9,12,21,23H2,1-6H3,(H,37,42)(H,38,44). The van der Waals surface area contributed by atoms with Crippen molar-refractivity contribution >= 4 is 23.6 Å². The average Bonchev–Trinajstić information content (AvgIpc) is 2.97. The molecule has 0 spiro atoms. The van der Waals surface area contributed by atoms with E-state index in [0.29, 0.717) is 28.8 Å². The van der Waals surface area contributed by atoms with E-state index in [9.17, 15) is 24.6 Å². The molecule has 9 heteroatoms. The number of phenolic OH excluding ortho intramolecular Hbond substituents is 2. The number of nitrogens with one attached hydrogen (secondary N) is 2. The van der Waals surface area contributed by atoms with E-state index in [1.807, 2.05) is 25.1 Å². The lowest BCUT2D eigenvalue weighted by molar-refractivity contribution is -0.140. The van der Waals surface area contributed by atoms with Crippen molar-refractivity contribution in [3.8, 4) is 11.5 Å². The zero-order chi connectivity index (χ0) is 33.1. The van der Waals surface area contributed by atoms with Crippen LogP contribution in [0.5, 0.6) is 11.5 Å². The van der Waals surface area contributed by atoms with Gasteiger partial charge in [0.05, 0.1) is 0 Å². The van der Waals surface area contributed by atoms with E-state index in [0.717, 1.165) is 24.8 Å². The number of benzene rings is 3. The zero-order valence-corrected chi connectivity index (χ0v) is 27.2. The molecule has 45 heavy (non-hydrogen) atoms. The minimum Gasteiger partial charge on any atom is -0.508 e. The topological polar surface area (TPSA) is 128 Å². The Morgan fingerprint density at radius 2 is 1.58 bits per heavy atom. The van der Waals surface area contributed by atoms with Gasteiger partial charge >= 0.3 is 6.09 Å². The highest BCUT2D eigenvalue weighted by Crippen LogP contribution is 2.29. The van der Waals surface area contributed by atoms with Crippen LogP contribution in [0.1, 0.15) is 81.7 Å². The van der Waals surface area contributed by atoms with Crippen molar-refractivity contribution in [3.05, 3.63) is 89.0 Å². The second kappa shape index (κ2) is 16.0. The van der Waals surface area contributed by atoms with Crippen LogP contribution in [0.4, 0.5) is 10.5 Å². The summed E-state index contributed by atoms with van der Waals surface area (Å²) in [6, 6.07) is 16.5. The Hall–Kier alpha value is -4.53. The Balaban J connectivity index is 2.10. The predicted octanol–water partition coefficient (Wildman–Crippen LogP) is 6.94. The third kappa shape index (κ3) is 10.6. The van der Waals surface area contributed by atoms with Crippen LogP contribution in [-0.4, -0.2) is 51.2 Å². The molecule has 3 aromatic carbocycles. The van der Waals surface area contributed by atoms with Crippen molar-refractivity contribution in [1.29, 1.82) is 0 Å². The first-order valence-electron chi connectivity index (χ1n) is 15.5. The Bertz CT molecular complexity index is 1450. The summed E-state index contributed by atoms with van der Waals surface area (Å²) < 4.78 is 5.51. The number of carbonyl (C=O) groups is 3. The number of hydrogen-bond acceptors (Lipinski definition) is 6. The number of unbranched alkanes of at least 4 members (excludes halogenated alkanes) is 3. The number of aromatic hydroxyl groups is 2. The van der Waals surface area contributed by atoms with Crippen molar-refractivity contribution < 1.29 is 29.3 Å². The molecular weight excluding hydrogens is 570 g/mol. The molecule has 0 saturated carbocycles. The van der Waals surface area contributed by atoms with Gasteiger partial charge in [0.2, 0.25) is 5.91 Å². The number of rotatable bonds is 13.